The van der Waals surface area contributed by atoms with Gasteiger partial charge in [0.1, 0.15) is 0 Å². The number of hydrogen-bond donors (Lipinski definition) is 1. The molecular formula is C11H22O3. The van der Waals surface area contributed by atoms with E-state index in [1.165, 1.54) is 0 Å². The third-order valence-electron chi connectivity index (χ3n) is 2.97. The molecule has 0 aromatic heterocycles. The van der Waals surface area contributed by atoms with Gasteiger partial charge in [0.25, 0.3) is 0 Å². The third kappa shape index (κ3) is 2.69. The van der Waals surface area contributed by atoms with Gasteiger partial charge < -0.3 is 14.6 Å². The Morgan fingerprint density at radius 2 is 2.14 bits per heavy atom. The fourth-order valence-corrected chi connectivity index (χ4v) is 1.83. The van der Waals surface area contributed by atoms with Crippen molar-refractivity contribution in [2.75, 3.05) is 13.2 Å². The van der Waals surface area contributed by atoms with E-state index in [-0.39, 0.29) is 18.6 Å². The van der Waals surface area contributed by atoms with Crippen LogP contribution in [0, 0.1) is 11.8 Å². The van der Waals surface area contributed by atoms with Crippen molar-refractivity contribution in [1.29, 1.82) is 0 Å². The molecule has 0 spiro atoms. The van der Waals surface area contributed by atoms with E-state index in [4.69, 9.17) is 9.47 Å². The number of ether oxygens (including phenoxy) is 2. The zero-order chi connectivity index (χ0) is 10.8. The molecular weight excluding hydrogens is 180 g/mol. The molecule has 1 aliphatic heterocycles. The molecule has 1 N–H and O–H groups in total. The molecule has 0 aliphatic carbocycles. The lowest BCUT2D eigenvalue weighted by Gasteiger charge is -2.42. The summed E-state index contributed by atoms with van der Waals surface area (Å²) in [5, 5.41) is 9.22. The van der Waals surface area contributed by atoms with Crippen LogP contribution in [0.5, 0.6) is 0 Å². The van der Waals surface area contributed by atoms with Crippen molar-refractivity contribution in [3.63, 3.8) is 0 Å². The molecule has 14 heavy (non-hydrogen) atoms. The van der Waals surface area contributed by atoms with Crippen LogP contribution in [-0.2, 0) is 9.47 Å². The zero-order valence-electron chi connectivity index (χ0n) is 9.62. The highest BCUT2D eigenvalue weighted by atomic mass is 16.7. The minimum absolute atomic E-state index is 0.119. The summed E-state index contributed by atoms with van der Waals surface area (Å²) in [4.78, 5) is 0. The Bertz CT molecular complexity index is 179. The van der Waals surface area contributed by atoms with Gasteiger partial charge in [-0.3, -0.25) is 0 Å². The molecule has 0 bridgehead atoms. The Labute approximate surface area is 86.4 Å². The van der Waals surface area contributed by atoms with Gasteiger partial charge in [0.2, 0.25) is 0 Å². The minimum Gasteiger partial charge on any atom is -0.396 e. The van der Waals surface area contributed by atoms with Gasteiger partial charge in [0, 0.05) is 5.92 Å². The fraction of sp³-hybridized carbons (Fsp3) is 1.00. The van der Waals surface area contributed by atoms with E-state index in [1.807, 2.05) is 13.8 Å². The molecule has 1 fully saturated rings. The first-order valence-electron chi connectivity index (χ1n) is 5.42. The lowest BCUT2D eigenvalue weighted by molar-refractivity contribution is -0.305. The van der Waals surface area contributed by atoms with E-state index in [0.717, 1.165) is 6.42 Å². The highest BCUT2D eigenvalue weighted by Gasteiger charge is 2.38. The van der Waals surface area contributed by atoms with Gasteiger partial charge in [0.05, 0.1) is 19.3 Å². The third-order valence-corrected chi connectivity index (χ3v) is 2.97. The summed E-state index contributed by atoms with van der Waals surface area (Å²) in [6.45, 7) is 8.90. The Morgan fingerprint density at radius 3 is 2.64 bits per heavy atom. The van der Waals surface area contributed by atoms with Gasteiger partial charge in [-0.15, -0.1) is 0 Å². The van der Waals surface area contributed by atoms with Crippen LogP contribution in [0.15, 0.2) is 0 Å². The number of rotatable bonds is 3. The molecule has 84 valence electrons. The van der Waals surface area contributed by atoms with Crippen LogP contribution in [0.3, 0.4) is 0 Å². The molecule has 0 radical (unpaired) electrons. The normalized spacial score (nSPS) is 34.1. The number of aliphatic hydroxyl groups excluding tert-OH is 1. The lowest BCUT2D eigenvalue weighted by Crippen LogP contribution is -2.49. The summed E-state index contributed by atoms with van der Waals surface area (Å²) in [6, 6.07) is 0. The molecule has 3 atom stereocenters. The van der Waals surface area contributed by atoms with E-state index < -0.39 is 5.79 Å². The highest BCUT2D eigenvalue weighted by molar-refractivity contribution is 4.80. The lowest BCUT2D eigenvalue weighted by atomic mass is 9.90. The summed E-state index contributed by atoms with van der Waals surface area (Å²) in [5.41, 5.74) is 0. The van der Waals surface area contributed by atoms with Crippen LogP contribution in [0.1, 0.15) is 34.1 Å². The zero-order valence-corrected chi connectivity index (χ0v) is 9.62. The second-order valence-electron chi connectivity index (χ2n) is 4.62. The largest absolute Gasteiger partial charge is 0.396 e. The molecule has 0 unspecified atom stereocenters. The van der Waals surface area contributed by atoms with Gasteiger partial charge in [-0.25, -0.2) is 0 Å². The fourth-order valence-electron chi connectivity index (χ4n) is 1.83. The predicted octanol–water partition coefficient (Wildman–Crippen LogP) is 1.79. The molecule has 1 saturated heterocycles. The molecule has 0 amide bonds. The average Bonchev–Trinajstić information content (AvgIpc) is 2.15. The van der Waals surface area contributed by atoms with E-state index in [2.05, 4.69) is 13.8 Å². The Balaban J connectivity index is 2.65. The molecule has 0 aromatic carbocycles. The Morgan fingerprint density at radius 1 is 1.50 bits per heavy atom. The first-order chi connectivity index (χ1) is 6.50. The topological polar surface area (TPSA) is 38.7 Å². The molecule has 0 saturated carbocycles. The Kier molecular flexibility index (Phi) is 3.93. The van der Waals surface area contributed by atoms with Crippen LogP contribution in [0.2, 0.25) is 0 Å². The minimum atomic E-state index is -0.500. The van der Waals surface area contributed by atoms with Crippen LogP contribution in [0.4, 0.5) is 0 Å². The van der Waals surface area contributed by atoms with Crippen molar-refractivity contribution in [3.05, 3.63) is 0 Å². The molecule has 3 nitrogen and oxygen atoms in total. The number of aliphatic hydroxyl groups is 1. The van der Waals surface area contributed by atoms with Gasteiger partial charge in [0.15, 0.2) is 5.79 Å². The monoisotopic (exact) mass is 202 g/mol. The summed E-state index contributed by atoms with van der Waals surface area (Å²) in [5.74, 6) is 0.0908. The van der Waals surface area contributed by atoms with Crippen LogP contribution in [0.25, 0.3) is 0 Å². The molecule has 1 heterocycles. The number of hydrogen-bond acceptors (Lipinski definition) is 3. The quantitative estimate of drug-likeness (QED) is 0.758. The van der Waals surface area contributed by atoms with Crippen molar-refractivity contribution >= 4 is 0 Å². The van der Waals surface area contributed by atoms with E-state index >= 15 is 0 Å². The summed E-state index contributed by atoms with van der Waals surface area (Å²) in [6.07, 6.45) is 1.19. The van der Waals surface area contributed by atoms with Gasteiger partial charge in [-0.1, -0.05) is 20.3 Å². The summed E-state index contributed by atoms with van der Waals surface area (Å²) < 4.78 is 11.4. The van der Waals surface area contributed by atoms with Gasteiger partial charge >= 0.3 is 0 Å². The van der Waals surface area contributed by atoms with E-state index in [9.17, 15) is 5.11 Å². The highest BCUT2D eigenvalue weighted by Crippen LogP contribution is 2.31. The van der Waals surface area contributed by atoms with E-state index in [0.29, 0.717) is 12.5 Å². The standard InChI is InChI=1S/C11H22O3/c1-5-8(2)10-9(6-12)7-13-11(3,4)14-10/h8-10,12H,5-7H2,1-4H3/t8-,9-,10+/m0/s1. The van der Waals surface area contributed by atoms with Crippen molar-refractivity contribution in [1.82, 2.24) is 0 Å². The molecule has 0 aromatic rings. The van der Waals surface area contributed by atoms with E-state index in [1.54, 1.807) is 0 Å². The SMILES string of the molecule is CC[C@H](C)[C@H]1OC(C)(C)OC[C@@H]1CO. The maximum atomic E-state index is 9.22. The second-order valence-corrected chi connectivity index (χ2v) is 4.62. The first kappa shape index (κ1) is 12.0. The molecule has 1 aliphatic rings. The van der Waals surface area contributed by atoms with Crippen LogP contribution >= 0.6 is 0 Å². The van der Waals surface area contributed by atoms with Gasteiger partial charge in [-0.05, 0) is 19.8 Å². The van der Waals surface area contributed by atoms with Crippen molar-refractivity contribution in [2.45, 2.75) is 46.0 Å². The summed E-state index contributed by atoms with van der Waals surface area (Å²) in [7, 11) is 0. The predicted molar refractivity (Wildman–Crippen MR) is 54.9 cm³/mol. The van der Waals surface area contributed by atoms with Crippen molar-refractivity contribution in [3.8, 4) is 0 Å². The first-order valence-corrected chi connectivity index (χ1v) is 5.42. The Hall–Kier alpha value is -0.120. The maximum Gasteiger partial charge on any atom is 0.163 e. The smallest absolute Gasteiger partial charge is 0.163 e. The van der Waals surface area contributed by atoms with Crippen LogP contribution < -0.4 is 0 Å². The molecule has 1 rings (SSSR count). The van der Waals surface area contributed by atoms with Crippen molar-refractivity contribution in [2.24, 2.45) is 11.8 Å². The summed E-state index contributed by atoms with van der Waals surface area (Å²) >= 11 is 0. The van der Waals surface area contributed by atoms with Crippen LogP contribution in [-0.4, -0.2) is 30.2 Å². The molecule has 3 heteroatoms. The second kappa shape index (κ2) is 4.60. The average molecular weight is 202 g/mol. The maximum absolute atomic E-state index is 9.22. The van der Waals surface area contributed by atoms with Gasteiger partial charge in [-0.2, -0.15) is 0 Å². The van der Waals surface area contributed by atoms with Crippen molar-refractivity contribution < 1.29 is 14.6 Å².